The summed E-state index contributed by atoms with van der Waals surface area (Å²) in [7, 11) is 0. The van der Waals surface area contributed by atoms with Crippen LogP contribution in [0.25, 0.3) is 0 Å². The summed E-state index contributed by atoms with van der Waals surface area (Å²) in [4.78, 5) is 0. The van der Waals surface area contributed by atoms with Gasteiger partial charge in [-0.25, -0.2) is 0 Å². The first-order chi connectivity index (χ1) is 7.62. The molecule has 0 unspecified atom stereocenters. The normalized spacial score (nSPS) is 13.4. The minimum atomic E-state index is -0.0714. The van der Waals surface area contributed by atoms with Crippen molar-refractivity contribution in [3.63, 3.8) is 0 Å². The lowest BCUT2D eigenvalue weighted by atomic mass is 9.94. The van der Waals surface area contributed by atoms with Gasteiger partial charge in [-0.1, -0.05) is 27.7 Å². The number of nitrogens with one attached hydrogen (secondary N) is 1. The summed E-state index contributed by atoms with van der Waals surface area (Å²) in [5.41, 5.74) is 0.101. The van der Waals surface area contributed by atoms with Gasteiger partial charge in [0.1, 0.15) is 0 Å². The maximum atomic E-state index is 5.66. The Morgan fingerprint density at radius 3 is 2.06 bits per heavy atom. The Morgan fingerprint density at radius 1 is 1.00 bits per heavy atom. The van der Waals surface area contributed by atoms with Crippen LogP contribution in [0.4, 0.5) is 0 Å². The molecule has 0 aliphatic heterocycles. The van der Waals surface area contributed by atoms with Crippen molar-refractivity contribution in [1.29, 1.82) is 0 Å². The zero-order valence-electron chi connectivity index (χ0n) is 12.7. The smallest absolute Gasteiger partial charge is 0.0707 e. The zero-order chi connectivity index (χ0) is 13.5. The Hall–Kier alpha value is -0.120. The summed E-state index contributed by atoms with van der Waals surface area (Å²) in [6.45, 7) is 18.0. The average Bonchev–Trinajstić information content (AvgIpc) is 2.12. The summed E-state index contributed by atoms with van der Waals surface area (Å²) >= 11 is 0. The highest BCUT2D eigenvalue weighted by atomic mass is 16.5. The van der Waals surface area contributed by atoms with Crippen LogP contribution in [0.15, 0.2) is 0 Å². The van der Waals surface area contributed by atoms with Crippen LogP contribution in [0.1, 0.15) is 48.5 Å². The van der Waals surface area contributed by atoms with Gasteiger partial charge in [-0.15, -0.1) is 0 Å². The van der Waals surface area contributed by atoms with E-state index in [1.807, 2.05) is 0 Å². The number of hydrogen-bond acceptors (Lipinski definition) is 3. The van der Waals surface area contributed by atoms with E-state index in [2.05, 4.69) is 53.8 Å². The van der Waals surface area contributed by atoms with E-state index in [1.54, 1.807) is 0 Å². The minimum absolute atomic E-state index is 0.0714. The first kappa shape index (κ1) is 16.9. The third kappa shape index (κ3) is 12.1. The lowest BCUT2D eigenvalue weighted by Gasteiger charge is -2.26. The van der Waals surface area contributed by atoms with Gasteiger partial charge in [-0.3, -0.25) is 0 Å². The van der Waals surface area contributed by atoms with Crippen molar-refractivity contribution < 1.29 is 9.47 Å². The molecular formula is C14H31NO2. The first-order valence-corrected chi connectivity index (χ1v) is 6.57. The molecule has 0 spiro atoms. The van der Waals surface area contributed by atoms with Crippen LogP contribution in [0, 0.1) is 5.41 Å². The molecule has 17 heavy (non-hydrogen) atoms. The summed E-state index contributed by atoms with van der Waals surface area (Å²) in [5, 5.41) is 3.44. The van der Waals surface area contributed by atoms with Gasteiger partial charge in [0, 0.05) is 18.0 Å². The van der Waals surface area contributed by atoms with Crippen molar-refractivity contribution in [3.8, 4) is 0 Å². The van der Waals surface area contributed by atoms with E-state index in [0.29, 0.717) is 19.3 Å². The Labute approximate surface area is 107 Å². The van der Waals surface area contributed by atoms with Crippen LogP contribution in [-0.2, 0) is 9.47 Å². The van der Waals surface area contributed by atoms with E-state index < -0.39 is 0 Å². The standard InChI is InChI=1S/C14H31NO2/c1-12(2)15-10-14(6,7)11-16-8-9-17-13(3,4)5/h12,15H,8-11H2,1-7H3. The van der Waals surface area contributed by atoms with Crippen molar-refractivity contribution in [2.75, 3.05) is 26.4 Å². The highest BCUT2D eigenvalue weighted by Crippen LogP contribution is 2.14. The topological polar surface area (TPSA) is 30.5 Å². The average molecular weight is 245 g/mol. The quantitative estimate of drug-likeness (QED) is 0.667. The Bertz CT molecular complexity index is 195. The van der Waals surface area contributed by atoms with Crippen LogP contribution in [0.3, 0.4) is 0 Å². The molecule has 0 aromatic rings. The third-order valence-corrected chi connectivity index (χ3v) is 2.24. The summed E-state index contributed by atoms with van der Waals surface area (Å²) in [6.07, 6.45) is 0. The van der Waals surface area contributed by atoms with Crippen LogP contribution >= 0.6 is 0 Å². The highest BCUT2D eigenvalue weighted by molar-refractivity contribution is 4.72. The molecule has 0 saturated heterocycles. The summed E-state index contributed by atoms with van der Waals surface area (Å²) < 4.78 is 11.3. The third-order valence-electron chi connectivity index (χ3n) is 2.24. The molecule has 0 rings (SSSR count). The SMILES string of the molecule is CC(C)NCC(C)(C)COCCOC(C)(C)C. The van der Waals surface area contributed by atoms with Gasteiger partial charge in [0.2, 0.25) is 0 Å². The van der Waals surface area contributed by atoms with Gasteiger partial charge in [0.25, 0.3) is 0 Å². The molecular weight excluding hydrogens is 214 g/mol. The maximum Gasteiger partial charge on any atom is 0.0707 e. The van der Waals surface area contributed by atoms with Crippen molar-refractivity contribution in [1.82, 2.24) is 5.32 Å². The Balaban J connectivity index is 3.59. The van der Waals surface area contributed by atoms with Crippen LogP contribution < -0.4 is 5.32 Å². The molecule has 0 heterocycles. The molecule has 0 saturated carbocycles. The second kappa shape index (κ2) is 7.34. The van der Waals surface area contributed by atoms with E-state index in [9.17, 15) is 0 Å². The Morgan fingerprint density at radius 2 is 1.59 bits per heavy atom. The summed E-state index contributed by atoms with van der Waals surface area (Å²) in [6, 6.07) is 0.526. The molecule has 0 aliphatic carbocycles. The molecule has 0 bridgehead atoms. The molecule has 0 amide bonds. The lowest BCUT2D eigenvalue weighted by molar-refractivity contribution is -0.0452. The Kier molecular flexibility index (Phi) is 7.29. The van der Waals surface area contributed by atoms with E-state index in [1.165, 1.54) is 0 Å². The molecule has 3 nitrogen and oxygen atoms in total. The minimum Gasteiger partial charge on any atom is -0.378 e. The molecule has 0 aromatic heterocycles. The molecule has 104 valence electrons. The molecule has 0 aliphatic rings. The van der Waals surface area contributed by atoms with Crippen molar-refractivity contribution in [2.45, 2.75) is 60.1 Å². The maximum absolute atomic E-state index is 5.66. The monoisotopic (exact) mass is 245 g/mol. The predicted octanol–water partition coefficient (Wildman–Crippen LogP) is 2.84. The van der Waals surface area contributed by atoms with E-state index >= 15 is 0 Å². The molecule has 0 radical (unpaired) electrons. The largest absolute Gasteiger partial charge is 0.378 e. The fourth-order valence-electron chi connectivity index (χ4n) is 1.29. The van der Waals surface area contributed by atoms with E-state index in [-0.39, 0.29) is 11.0 Å². The second-order valence-electron chi connectivity index (χ2n) is 6.71. The molecule has 0 aromatic carbocycles. The fourth-order valence-corrected chi connectivity index (χ4v) is 1.29. The summed E-state index contributed by atoms with van der Waals surface area (Å²) in [5.74, 6) is 0. The van der Waals surface area contributed by atoms with Crippen molar-refractivity contribution >= 4 is 0 Å². The van der Waals surface area contributed by atoms with Crippen LogP contribution in [0.2, 0.25) is 0 Å². The number of hydrogen-bond donors (Lipinski definition) is 1. The molecule has 1 N–H and O–H groups in total. The predicted molar refractivity (Wildman–Crippen MR) is 73.4 cm³/mol. The number of ether oxygens (including phenoxy) is 2. The zero-order valence-corrected chi connectivity index (χ0v) is 12.7. The second-order valence-corrected chi connectivity index (χ2v) is 6.71. The van der Waals surface area contributed by atoms with Gasteiger partial charge >= 0.3 is 0 Å². The van der Waals surface area contributed by atoms with Gasteiger partial charge in [-0.05, 0) is 20.8 Å². The van der Waals surface area contributed by atoms with Gasteiger partial charge in [0.05, 0.1) is 25.4 Å². The van der Waals surface area contributed by atoms with E-state index in [0.717, 1.165) is 13.2 Å². The van der Waals surface area contributed by atoms with Crippen LogP contribution in [-0.4, -0.2) is 38.0 Å². The first-order valence-electron chi connectivity index (χ1n) is 6.57. The van der Waals surface area contributed by atoms with Gasteiger partial charge < -0.3 is 14.8 Å². The van der Waals surface area contributed by atoms with E-state index in [4.69, 9.17) is 9.47 Å². The molecule has 0 atom stereocenters. The lowest BCUT2D eigenvalue weighted by Crippen LogP contribution is -2.37. The highest BCUT2D eigenvalue weighted by Gasteiger charge is 2.18. The molecule has 3 heteroatoms. The fraction of sp³-hybridized carbons (Fsp3) is 1.00. The van der Waals surface area contributed by atoms with Crippen molar-refractivity contribution in [2.24, 2.45) is 5.41 Å². The van der Waals surface area contributed by atoms with Crippen molar-refractivity contribution in [3.05, 3.63) is 0 Å². The van der Waals surface area contributed by atoms with Crippen LogP contribution in [0.5, 0.6) is 0 Å². The molecule has 0 fully saturated rings. The van der Waals surface area contributed by atoms with Gasteiger partial charge in [0.15, 0.2) is 0 Å². The van der Waals surface area contributed by atoms with Gasteiger partial charge in [-0.2, -0.15) is 0 Å². The number of rotatable bonds is 8.